The highest BCUT2D eigenvalue weighted by atomic mass is 15.3. The molecule has 0 amide bonds. The van der Waals surface area contributed by atoms with Crippen molar-refractivity contribution in [2.24, 2.45) is 0 Å². The maximum absolute atomic E-state index is 3.36. The molecule has 2 nitrogen and oxygen atoms in total. The lowest BCUT2D eigenvalue weighted by molar-refractivity contribution is 0.315. The van der Waals surface area contributed by atoms with E-state index in [1.165, 1.54) is 13.0 Å². The van der Waals surface area contributed by atoms with E-state index in [1.807, 2.05) is 0 Å². The molecule has 1 atom stereocenters. The summed E-state index contributed by atoms with van der Waals surface area (Å²) in [4.78, 5) is 2.32. The molecule has 2 aliphatic heterocycles. The van der Waals surface area contributed by atoms with Crippen LogP contribution < -0.4 is 5.32 Å². The molecule has 1 N–H and O–H groups in total. The first-order chi connectivity index (χ1) is 4.97. The molecule has 2 heterocycles. The van der Waals surface area contributed by atoms with Crippen LogP contribution in [-0.2, 0) is 0 Å². The van der Waals surface area contributed by atoms with Gasteiger partial charge in [0.25, 0.3) is 0 Å². The number of nitrogens with one attached hydrogen (secondary N) is 1. The van der Waals surface area contributed by atoms with Crippen molar-refractivity contribution in [3.05, 3.63) is 24.4 Å². The Morgan fingerprint density at radius 2 is 2.40 bits per heavy atom. The van der Waals surface area contributed by atoms with Gasteiger partial charge in [0.1, 0.15) is 0 Å². The van der Waals surface area contributed by atoms with Gasteiger partial charge in [-0.3, -0.25) is 5.32 Å². The Hall–Kier alpha value is -0.760. The van der Waals surface area contributed by atoms with Crippen LogP contribution in [0.25, 0.3) is 0 Å². The molecule has 2 aliphatic rings. The molecule has 2 heteroatoms. The summed E-state index contributed by atoms with van der Waals surface area (Å²) in [6.07, 6.45) is 10.5. The van der Waals surface area contributed by atoms with Gasteiger partial charge in [-0.1, -0.05) is 18.2 Å². The molecule has 0 saturated carbocycles. The quantitative estimate of drug-likeness (QED) is 0.533. The molecule has 0 aliphatic carbocycles. The fourth-order valence-corrected chi connectivity index (χ4v) is 1.42. The van der Waals surface area contributed by atoms with Crippen molar-refractivity contribution in [2.45, 2.75) is 12.6 Å². The number of hydrogen-bond donors (Lipinski definition) is 1. The third-order valence-electron chi connectivity index (χ3n) is 1.97. The lowest BCUT2D eigenvalue weighted by Crippen LogP contribution is -2.37. The average Bonchev–Trinajstić information content (AvgIpc) is 2.59. The smallest absolute Gasteiger partial charge is 0.0984 e. The van der Waals surface area contributed by atoms with Gasteiger partial charge in [-0.25, -0.2) is 0 Å². The molecular formula is C8H12N2. The molecule has 0 aromatic heterocycles. The predicted octanol–water partition coefficient (Wildman–Crippen LogP) is 0.691. The summed E-state index contributed by atoms with van der Waals surface area (Å²) >= 11 is 0. The zero-order valence-electron chi connectivity index (χ0n) is 5.96. The average molecular weight is 136 g/mol. The Bertz CT molecular complexity index is 152. The van der Waals surface area contributed by atoms with E-state index in [-0.39, 0.29) is 0 Å². The summed E-state index contributed by atoms with van der Waals surface area (Å²) in [5, 5.41) is 3.36. The largest absolute Gasteiger partial charge is 0.359 e. The van der Waals surface area contributed by atoms with E-state index in [4.69, 9.17) is 0 Å². The van der Waals surface area contributed by atoms with Crippen molar-refractivity contribution < 1.29 is 0 Å². The SMILES string of the molecule is C1=CN(C2C=CCN2)CC1. The van der Waals surface area contributed by atoms with Crippen LogP contribution in [0.3, 0.4) is 0 Å². The maximum Gasteiger partial charge on any atom is 0.0984 e. The molecule has 1 unspecified atom stereocenters. The minimum absolute atomic E-state index is 0.471. The fourth-order valence-electron chi connectivity index (χ4n) is 1.42. The topological polar surface area (TPSA) is 15.3 Å². The van der Waals surface area contributed by atoms with E-state index < -0.39 is 0 Å². The first-order valence-corrected chi connectivity index (χ1v) is 3.79. The number of hydrogen-bond acceptors (Lipinski definition) is 2. The molecule has 0 saturated heterocycles. The third-order valence-corrected chi connectivity index (χ3v) is 1.97. The first kappa shape index (κ1) is 5.98. The normalized spacial score (nSPS) is 30.4. The van der Waals surface area contributed by atoms with Gasteiger partial charge >= 0.3 is 0 Å². The minimum atomic E-state index is 0.471. The predicted molar refractivity (Wildman–Crippen MR) is 41.4 cm³/mol. The van der Waals surface area contributed by atoms with Crippen LogP contribution in [0, 0.1) is 0 Å². The van der Waals surface area contributed by atoms with Crippen LogP contribution in [0.2, 0.25) is 0 Å². The van der Waals surface area contributed by atoms with Crippen molar-refractivity contribution >= 4 is 0 Å². The highest BCUT2D eigenvalue weighted by molar-refractivity contribution is 5.06. The first-order valence-electron chi connectivity index (χ1n) is 3.79. The Labute approximate surface area is 61.2 Å². The van der Waals surface area contributed by atoms with Crippen molar-refractivity contribution in [3.63, 3.8) is 0 Å². The summed E-state index contributed by atoms with van der Waals surface area (Å²) in [6.45, 7) is 2.19. The lowest BCUT2D eigenvalue weighted by atomic mass is 10.4. The fraction of sp³-hybridized carbons (Fsp3) is 0.500. The zero-order valence-corrected chi connectivity index (χ0v) is 5.96. The van der Waals surface area contributed by atoms with Crippen molar-refractivity contribution in [3.8, 4) is 0 Å². The van der Waals surface area contributed by atoms with Gasteiger partial charge in [0, 0.05) is 13.1 Å². The summed E-state index contributed by atoms with van der Waals surface area (Å²) in [7, 11) is 0. The highest BCUT2D eigenvalue weighted by Gasteiger charge is 2.15. The van der Waals surface area contributed by atoms with Crippen LogP contribution >= 0.6 is 0 Å². The Kier molecular flexibility index (Phi) is 1.47. The third kappa shape index (κ3) is 0.948. The zero-order chi connectivity index (χ0) is 6.81. The monoisotopic (exact) mass is 136 g/mol. The summed E-state index contributed by atoms with van der Waals surface area (Å²) in [5.74, 6) is 0. The van der Waals surface area contributed by atoms with Crippen LogP contribution in [-0.4, -0.2) is 24.2 Å². The van der Waals surface area contributed by atoms with Gasteiger partial charge in [0.15, 0.2) is 0 Å². The van der Waals surface area contributed by atoms with Gasteiger partial charge in [-0.2, -0.15) is 0 Å². The van der Waals surface area contributed by atoms with Crippen molar-refractivity contribution in [2.75, 3.05) is 13.1 Å². The summed E-state index contributed by atoms with van der Waals surface area (Å²) < 4.78 is 0. The summed E-state index contributed by atoms with van der Waals surface area (Å²) in [6, 6.07) is 0. The minimum Gasteiger partial charge on any atom is -0.359 e. The van der Waals surface area contributed by atoms with E-state index in [1.54, 1.807) is 0 Å². The van der Waals surface area contributed by atoms with Crippen LogP contribution in [0.4, 0.5) is 0 Å². The molecular weight excluding hydrogens is 124 g/mol. The molecule has 0 radical (unpaired) electrons. The van der Waals surface area contributed by atoms with E-state index in [0.717, 1.165) is 6.54 Å². The Balaban J connectivity index is 1.98. The molecule has 54 valence electrons. The van der Waals surface area contributed by atoms with Crippen LogP contribution in [0.1, 0.15) is 6.42 Å². The summed E-state index contributed by atoms with van der Waals surface area (Å²) in [5.41, 5.74) is 0. The van der Waals surface area contributed by atoms with E-state index >= 15 is 0 Å². The highest BCUT2D eigenvalue weighted by Crippen LogP contribution is 2.10. The van der Waals surface area contributed by atoms with Crippen molar-refractivity contribution in [1.29, 1.82) is 0 Å². The number of rotatable bonds is 1. The lowest BCUT2D eigenvalue weighted by Gasteiger charge is -2.22. The molecule has 0 aromatic rings. The van der Waals surface area contributed by atoms with E-state index in [9.17, 15) is 0 Å². The second kappa shape index (κ2) is 2.46. The molecule has 0 bridgehead atoms. The van der Waals surface area contributed by atoms with E-state index in [2.05, 4.69) is 34.6 Å². The van der Waals surface area contributed by atoms with Crippen LogP contribution in [0.5, 0.6) is 0 Å². The number of nitrogens with zero attached hydrogens (tertiary/aromatic N) is 1. The van der Waals surface area contributed by atoms with Crippen molar-refractivity contribution in [1.82, 2.24) is 10.2 Å². The van der Waals surface area contributed by atoms with Gasteiger partial charge in [0.05, 0.1) is 6.17 Å². The maximum atomic E-state index is 3.36. The molecule has 0 aromatic carbocycles. The second-order valence-electron chi connectivity index (χ2n) is 2.69. The molecule has 2 rings (SSSR count). The Morgan fingerprint density at radius 3 is 3.00 bits per heavy atom. The standard InChI is InChI=1S/C8H12N2/c1-2-7-10(6-1)8-4-3-5-9-8/h1,3-4,6,8-9H,2,5,7H2. The Morgan fingerprint density at radius 1 is 1.40 bits per heavy atom. The van der Waals surface area contributed by atoms with Gasteiger partial charge in [-0.05, 0) is 12.6 Å². The van der Waals surface area contributed by atoms with E-state index in [0.29, 0.717) is 6.17 Å². The van der Waals surface area contributed by atoms with Crippen LogP contribution in [0.15, 0.2) is 24.4 Å². The van der Waals surface area contributed by atoms with Gasteiger partial charge in [0.2, 0.25) is 0 Å². The molecule has 0 spiro atoms. The second-order valence-corrected chi connectivity index (χ2v) is 2.69. The van der Waals surface area contributed by atoms with Gasteiger partial charge in [-0.15, -0.1) is 0 Å². The molecule has 10 heavy (non-hydrogen) atoms. The van der Waals surface area contributed by atoms with Gasteiger partial charge < -0.3 is 4.90 Å². The molecule has 0 fully saturated rings.